The van der Waals surface area contributed by atoms with E-state index < -0.39 is 82.1 Å². The van der Waals surface area contributed by atoms with Crippen molar-refractivity contribution in [2.75, 3.05) is 7.11 Å². The Labute approximate surface area is 213 Å². The van der Waals surface area contributed by atoms with Crippen molar-refractivity contribution in [2.45, 2.75) is 110 Å². The van der Waals surface area contributed by atoms with Crippen LogP contribution >= 0.6 is 0 Å². The second-order valence-electron chi connectivity index (χ2n) is 12.5. The van der Waals surface area contributed by atoms with Crippen LogP contribution in [0.5, 0.6) is 0 Å². The minimum absolute atomic E-state index is 0.0190. The first-order chi connectivity index (χ1) is 16.3. The molecule has 2 fully saturated rings. The van der Waals surface area contributed by atoms with Crippen LogP contribution in [0.4, 0.5) is 0 Å². The van der Waals surface area contributed by atoms with Crippen LogP contribution in [0, 0.1) is 28.6 Å². The third-order valence-electron chi connectivity index (χ3n) is 9.94. The molecule has 9 heteroatoms. The first-order valence-corrected chi connectivity index (χ1v) is 12.8. The Balaban J connectivity index is 2.27. The molecule has 3 aliphatic rings. The van der Waals surface area contributed by atoms with Gasteiger partial charge in [-0.15, -0.1) is 0 Å². The van der Waals surface area contributed by atoms with Crippen molar-refractivity contribution in [1.29, 1.82) is 0 Å². The zero-order chi connectivity index (χ0) is 27.8. The summed E-state index contributed by atoms with van der Waals surface area (Å²) >= 11 is 0. The maximum Gasteiger partial charge on any atom is 0.335 e. The molecule has 3 aliphatic carbocycles. The molecule has 0 heterocycles. The second-order valence-corrected chi connectivity index (χ2v) is 12.5. The van der Waals surface area contributed by atoms with Crippen LogP contribution in [-0.2, 0) is 19.1 Å². The van der Waals surface area contributed by atoms with Gasteiger partial charge in [0.15, 0.2) is 11.9 Å². The van der Waals surface area contributed by atoms with Gasteiger partial charge in [-0.1, -0.05) is 34.6 Å². The van der Waals surface area contributed by atoms with E-state index in [0.717, 1.165) is 0 Å². The minimum atomic E-state index is -1.72. The Morgan fingerprint density at radius 2 is 1.67 bits per heavy atom. The van der Waals surface area contributed by atoms with Gasteiger partial charge in [0.2, 0.25) is 0 Å². The van der Waals surface area contributed by atoms with Gasteiger partial charge < -0.3 is 35.0 Å². The van der Waals surface area contributed by atoms with Crippen molar-refractivity contribution in [2.24, 2.45) is 28.6 Å². The lowest BCUT2D eigenvalue weighted by atomic mass is 9.43. The molecular formula is C27H44O9. The number of hydrogen-bond acceptors (Lipinski definition) is 9. The first kappa shape index (κ1) is 29.2. The summed E-state index contributed by atoms with van der Waals surface area (Å²) in [6, 6.07) is 0. The lowest BCUT2D eigenvalue weighted by Gasteiger charge is -2.64. The second kappa shape index (κ2) is 9.13. The first-order valence-electron chi connectivity index (χ1n) is 12.8. The van der Waals surface area contributed by atoms with Crippen LogP contribution in [0.2, 0.25) is 0 Å². The quantitative estimate of drug-likeness (QED) is 0.275. The van der Waals surface area contributed by atoms with E-state index in [-0.39, 0.29) is 18.4 Å². The van der Waals surface area contributed by atoms with Crippen molar-refractivity contribution in [3.05, 3.63) is 11.1 Å². The normalized spacial score (nSPS) is 45.6. The zero-order valence-corrected chi connectivity index (χ0v) is 22.9. The Hall–Kier alpha value is -1.36. The lowest BCUT2D eigenvalue weighted by molar-refractivity contribution is -0.260. The fourth-order valence-corrected chi connectivity index (χ4v) is 7.60. The largest absolute Gasteiger partial charge is 0.456 e. The standard InChI is InChI=1S/C27H44O9/c1-12(2)19(29)23(32)36-15-11-27(34)14(4)21-25(7,16(28)10-17(35-9)26(21,8)33)22(31)20(30)18(13(15)3)24(27,5)6/h12,14-17,19-21,28-30,33-34H,10-11H2,1-9H3/t14?,15?,16?,17?,19?,20?,21?,25-,26+,27?/m1/s1. The predicted molar refractivity (Wildman–Crippen MR) is 131 cm³/mol. The number of fused-ring (bicyclic) bond motifs is 3. The van der Waals surface area contributed by atoms with Crippen LogP contribution in [0.15, 0.2) is 11.1 Å². The van der Waals surface area contributed by atoms with E-state index >= 15 is 0 Å². The van der Waals surface area contributed by atoms with Crippen LogP contribution in [0.3, 0.4) is 0 Å². The summed E-state index contributed by atoms with van der Waals surface area (Å²) in [5.74, 6) is -3.74. The van der Waals surface area contributed by atoms with E-state index in [1.807, 2.05) is 0 Å². The summed E-state index contributed by atoms with van der Waals surface area (Å²) < 4.78 is 11.2. The number of aliphatic hydroxyl groups is 5. The fourth-order valence-electron chi connectivity index (χ4n) is 7.60. The average molecular weight is 513 g/mol. The number of ether oxygens (including phenoxy) is 2. The SMILES string of the molecule is COC1CC(O)[C@@]2(C)C(=O)C(O)C3=C(C)C(OC(=O)C(O)C(C)C)CC(O)(C(C)C2[C@@]1(C)O)C3(C)C. The number of esters is 1. The van der Waals surface area contributed by atoms with E-state index in [2.05, 4.69) is 0 Å². The highest BCUT2D eigenvalue weighted by atomic mass is 16.6. The van der Waals surface area contributed by atoms with E-state index in [1.54, 1.807) is 41.5 Å². The highest BCUT2D eigenvalue weighted by molar-refractivity contribution is 5.93. The number of rotatable bonds is 4. The van der Waals surface area contributed by atoms with Crippen LogP contribution in [0.25, 0.3) is 0 Å². The summed E-state index contributed by atoms with van der Waals surface area (Å²) in [6.45, 7) is 13.2. The number of carbonyl (C=O) groups is 2. The average Bonchev–Trinajstić information content (AvgIpc) is 2.77. The summed E-state index contributed by atoms with van der Waals surface area (Å²) in [7, 11) is 1.41. The smallest absolute Gasteiger partial charge is 0.335 e. The van der Waals surface area contributed by atoms with Gasteiger partial charge in [-0.05, 0) is 43.8 Å². The van der Waals surface area contributed by atoms with Gasteiger partial charge in [-0.3, -0.25) is 4.79 Å². The van der Waals surface area contributed by atoms with Crippen molar-refractivity contribution in [3.63, 3.8) is 0 Å². The molecule has 0 aliphatic heterocycles. The highest BCUT2D eigenvalue weighted by Crippen LogP contribution is 2.62. The van der Waals surface area contributed by atoms with E-state index in [9.17, 15) is 35.1 Å². The third kappa shape index (κ3) is 3.81. The molecule has 0 aromatic rings. The molecule has 206 valence electrons. The Morgan fingerprint density at radius 1 is 1.11 bits per heavy atom. The number of Topliss-reactive ketones (excluding diaryl/α,β-unsaturated/α-hetero) is 1. The molecule has 0 amide bonds. The molecule has 5 N–H and O–H groups in total. The predicted octanol–water partition coefficient (Wildman–Crippen LogP) is 1.13. The molecule has 2 bridgehead atoms. The molecule has 0 radical (unpaired) electrons. The molecule has 0 saturated heterocycles. The number of ketones is 1. The fraction of sp³-hybridized carbons (Fsp3) is 0.852. The lowest BCUT2D eigenvalue weighted by Crippen LogP contribution is -2.73. The van der Waals surface area contributed by atoms with Crippen molar-refractivity contribution in [3.8, 4) is 0 Å². The number of hydrogen-bond donors (Lipinski definition) is 5. The van der Waals surface area contributed by atoms with E-state index in [1.165, 1.54) is 21.0 Å². The van der Waals surface area contributed by atoms with Crippen LogP contribution in [0.1, 0.15) is 68.2 Å². The Morgan fingerprint density at radius 3 is 2.17 bits per heavy atom. The van der Waals surface area contributed by atoms with E-state index in [4.69, 9.17) is 9.47 Å². The zero-order valence-electron chi connectivity index (χ0n) is 22.9. The van der Waals surface area contributed by atoms with Gasteiger partial charge in [0.1, 0.15) is 12.2 Å². The molecule has 2 saturated carbocycles. The van der Waals surface area contributed by atoms with Gasteiger partial charge >= 0.3 is 5.97 Å². The summed E-state index contributed by atoms with van der Waals surface area (Å²) in [5, 5.41) is 57.2. The topological polar surface area (TPSA) is 154 Å². The van der Waals surface area contributed by atoms with Gasteiger partial charge in [0.05, 0.1) is 28.8 Å². The maximum absolute atomic E-state index is 14.0. The number of carbonyl (C=O) groups excluding carboxylic acids is 2. The molecule has 0 spiro atoms. The molecule has 3 rings (SSSR count). The van der Waals surface area contributed by atoms with Crippen LogP contribution in [-0.4, -0.2) is 86.1 Å². The summed E-state index contributed by atoms with van der Waals surface area (Å²) in [6.07, 6.45) is -6.25. The third-order valence-corrected chi connectivity index (χ3v) is 9.94. The van der Waals surface area contributed by atoms with Gasteiger partial charge in [0.25, 0.3) is 0 Å². The monoisotopic (exact) mass is 512 g/mol. The summed E-state index contributed by atoms with van der Waals surface area (Å²) in [5.41, 5.74) is -5.42. The van der Waals surface area contributed by atoms with Crippen molar-refractivity contribution >= 4 is 11.8 Å². The highest BCUT2D eigenvalue weighted by Gasteiger charge is 2.71. The van der Waals surface area contributed by atoms with Gasteiger partial charge in [0, 0.05) is 31.3 Å². The molecule has 9 nitrogen and oxygen atoms in total. The number of methoxy groups -OCH3 is 1. The molecule has 36 heavy (non-hydrogen) atoms. The Bertz CT molecular complexity index is 938. The minimum Gasteiger partial charge on any atom is -0.456 e. The molecule has 0 aromatic carbocycles. The van der Waals surface area contributed by atoms with Crippen LogP contribution < -0.4 is 0 Å². The van der Waals surface area contributed by atoms with Crippen molar-refractivity contribution in [1.82, 2.24) is 0 Å². The molecule has 8 unspecified atom stereocenters. The van der Waals surface area contributed by atoms with Crippen molar-refractivity contribution < 1.29 is 44.6 Å². The maximum atomic E-state index is 14.0. The molecule has 0 aromatic heterocycles. The molecular weight excluding hydrogens is 468 g/mol. The number of aliphatic hydroxyl groups excluding tert-OH is 3. The van der Waals surface area contributed by atoms with Gasteiger partial charge in [-0.25, -0.2) is 4.79 Å². The summed E-state index contributed by atoms with van der Waals surface area (Å²) in [4.78, 5) is 26.7. The van der Waals surface area contributed by atoms with E-state index in [0.29, 0.717) is 5.57 Å². The Kier molecular flexibility index (Phi) is 7.41. The molecule has 10 atom stereocenters. The van der Waals surface area contributed by atoms with Gasteiger partial charge in [-0.2, -0.15) is 0 Å².